The van der Waals surface area contributed by atoms with Gasteiger partial charge in [-0.25, -0.2) is 13.1 Å². The SMILES string of the molecule is C[C@@H]1[C@@H](C)CCC[C@](C)(CN2CCOCC2)[C@@H]2CC[C@H]2CN2C[C@@]3(CCCc4cc(Cl)ccc43)COc3ccc(cc32)C(=O)NS1(=O)=O. The number of benzene rings is 2. The maximum atomic E-state index is 13.6. The van der Waals surface area contributed by atoms with Gasteiger partial charge in [0.1, 0.15) is 5.75 Å². The van der Waals surface area contributed by atoms with E-state index >= 15 is 0 Å². The molecule has 0 radical (unpaired) electrons. The summed E-state index contributed by atoms with van der Waals surface area (Å²) in [5.74, 6) is 1.16. The van der Waals surface area contributed by atoms with Crippen LogP contribution in [0.25, 0.3) is 0 Å². The Morgan fingerprint density at radius 2 is 1.83 bits per heavy atom. The van der Waals surface area contributed by atoms with Crippen LogP contribution >= 0.6 is 11.6 Å². The number of hydrogen-bond donors (Lipinski definition) is 1. The number of nitrogens with one attached hydrogen (secondary N) is 1. The summed E-state index contributed by atoms with van der Waals surface area (Å²) < 4.78 is 41.8. The van der Waals surface area contributed by atoms with Gasteiger partial charge in [0, 0.05) is 48.7 Å². The number of amides is 1. The van der Waals surface area contributed by atoms with E-state index in [0.29, 0.717) is 24.0 Å². The summed E-state index contributed by atoms with van der Waals surface area (Å²) in [5, 5.41) is 0.0801. The molecule has 2 aromatic rings. The third-order valence-corrected chi connectivity index (χ3v) is 14.8. The number of carbonyl (C=O) groups excluding carboxylic acids is 1. The molecule has 1 spiro atoms. The van der Waals surface area contributed by atoms with Crippen molar-refractivity contribution >= 4 is 33.2 Å². The van der Waals surface area contributed by atoms with Gasteiger partial charge >= 0.3 is 0 Å². The van der Waals surface area contributed by atoms with Crippen molar-refractivity contribution in [1.82, 2.24) is 9.62 Å². The number of morpholine rings is 1. The quantitative estimate of drug-likeness (QED) is 0.386. The fraction of sp³-hybridized carbons (Fsp3) is 0.658. The molecular formula is C38H52ClN3O5S. The molecule has 8 nitrogen and oxygen atoms in total. The molecule has 7 rings (SSSR count). The summed E-state index contributed by atoms with van der Waals surface area (Å²) in [6, 6.07) is 11.8. The number of aryl methyl sites for hydroxylation is 1. The second-order valence-corrected chi connectivity index (χ2v) is 18.3. The zero-order valence-electron chi connectivity index (χ0n) is 28.8. The lowest BCUT2D eigenvalue weighted by molar-refractivity contribution is -0.0335. The molecule has 1 N–H and O–H groups in total. The van der Waals surface area contributed by atoms with Crippen LogP contribution in [0.3, 0.4) is 0 Å². The second-order valence-electron chi connectivity index (χ2n) is 15.8. The van der Waals surface area contributed by atoms with E-state index in [0.717, 1.165) is 101 Å². The van der Waals surface area contributed by atoms with Gasteiger partial charge < -0.3 is 14.4 Å². The van der Waals surface area contributed by atoms with Gasteiger partial charge in [0.05, 0.1) is 30.8 Å². The Labute approximate surface area is 291 Å². The van der Waals surface area contributed by atoms with Crippen LogP contribution in [0.5, 0.6) is 5.75 Å². The lowest BCUT2D eigenvalue weighted by Gasteiger charge is -2.53. The number of fused-ring (bicyclic) bond motifs is 4. The Balaban J connectivity index is 1.29. The van der Waals surface area contributed by atoms with Crippen LogP contribution in [-0.4, -0.2) is 77.0 Å². The molecule has 2 aliphatic carbocycles. The molecule has 2 fully saturated rings. The molecule has 0 unspecified atom stereocenters. The van der Waals surface area contributed by atoms with Crippen LogP contribution < -0.4 is 14.4 Å². The third kappa shape index (κ3) is 6.61. The maximum Gasteiger partial charge on any atom is 0.264 e. The number of ether oxygens (including phenoxy) is 2. The van der Waals surface area contributed by atoms with E-state index in [1.165, 1.54) is 24.0 Å². The van der Waals surface area contributed by atoms with E-state index in [-0.39, 0.29) is 16.7 Å². The van der Waals surface area contributed by atoms with E-state index in [1.807, 2.05) is 25.1 Å². The van der Waals surface area contributed by atoms with Crippen LogP contribution in [0.4, 0.5) is 5.69 Å². The number of rotatable bonds is 2. The summed E-state index contributed by atoms with van der Waals surface area (Å²) in [5.41, 5.74) is 3.72. The summed E-state index contributed by atoms with van der Waals surface area (Å²) in [7, 11) is -3.87. The van der Waals surface area contributed by atoms with E-state index in [9.17, 15) is 13.2 Å². The summed E-state index contributed by atoms with van der Waals surface area (Å²) in [6.07, 6.45) is 8.28. The number of sulfonamides is 1. The first kappa shape index (κ1) is 34.1. The van der Waals surface area contributed by atoms with Gasteiger partial charge in [0.2, 0.25) is 10.0 Å². The largest absolute Gasteiger partial charge is 0.490 e. The zero-order valence-corrected chi connectivity index (χ0v) is 30.4. The van der Waals surface area contributed by atoms with Crippen molar-refractivity contribution in [3.8, 4) is 5.75 Å². The van der Waals surface area contributed by atoms with Gasteiger partial charge in [-0.1, -0.05) is 37.9 Å². The average Bonchev–Trinajstić information content (AvgIpc) is 3.19. The third-order valence-electron chi connectivity index (χ3n) is 12.7. The summed E-state index contributed by atoms with van der Waals surface area (Å²) >= 11 is 6.48. The Morgan fingerprint density at radius 1 is 1.02 bits per heavy atom. The molecular weight excluding hydrogens is 646 g/mol. The Morgan fingerprint density at radius 3 is 2.60 bits per heavy atom. The van der Waals surface area contributed by atoms with Crippen molar-refractivity contribution in [2.75, 3.05) is 57.4 Å². The molecule has 5 aliphatic rings. The van der Waals surface area contributed by atoms with E-state index in [4.69, 9.17) is 21.1 Å². The van der Waals surface area contributed by atoms with Crippen LogP contribution in [0.15, 0.2) is 36.4 Å². The Bertz CT molecular complexity index is 1630. The molecule has 1 saturated heterocycles. The molecule has 2 aromatic carbocycles. The predicted molar refractivity (Wildman–Crippen MR) is 191 cm³/mol. The first-order valence-electron chi connectivity index (χ1n) is 18.1. The standard InChI is InChI=1S/C38H52ClN3O5S/c1-26-6-4-14-37(3,23-41-16-18-46-19-17-41)32-11-8-30(32)22-42-24-38(15-5-7-28-20-31(39)10-12-33(28)38)25-47-35-13-9-29(21-34(35)42)36(43)40-48(44,45)27(26)2/h9-10,12-13,20-21,26-27,30,32H,4-8,11,14-19,22-25H2,1-3H3,(H,40,43)/t26-,27+,30-,32+,37+,38-/m0/s1. The van der Waals surface area contributed by atoms with Crippen molar-refractivity contribution in [1.29, 1.82) is 0 Å². The van der Waals surface area contributed by atoms with Gasteiger partial charge in [-0.15, -0.1) is 0 Å². The lowest BCUT2D eigenvalue weighted by atomic mass is 9.57. The first-order chi connectivity index (χ1) is 23.0. The number of hydrogen-bond acceptors (Lipinski definition) is 7. The molecule has 10 heteroatoms. The van der Waals surface area contributed by atoms with Gasteiger partial charge in [0.15, 0.2) is 0 Å². The highest BCUT2D eigenvalue weighted by Crippen LogP contribution is 2.52. The van der Waals surface area contributed by atoms with Crippen LogP contribution in [0, 0.1) is 23.2 Å². The highest BCUT2D eigenvalue weighted by Gasteiger charge is 2.48. The Kier molecular flexibility index (Phi) is 9.54. The van der Waals surface area contributed by atoms with Crippen LogP contribution in [-0.2, 0) is 26.6 Å². The zero-order chi connectivity index (χ0) is 33.7. The van der Waals surface area contributed by atoms with E-state index < -0.39 is 21.2 Å². The number of nitrogens with zero attached hydrogens (tertiary/aromatic N) is 2. The second kappa shape index (κ2) is 13.4. The highest BCUT2D eigenvalue weighted by atomic mass is 35.5. The molecule has 1 amide bonds. The van der Waals surface area contributed by atoms with Crippen molar-refractivity contribution in [2.45, 2.75) is 82.8 Å². The number of carbonyl (C=O) groups is 1. The smallest absolute Gasteiger partial charge is 0.264 e. The normalized spacial score (nSPS) is 34.2. The molecule has 6 atom stereocenters. The van der Waals surface area contributed by atoms with Gasteiger partial charge in [-0.05, 0) is 116 Å². The highest BCUT2D eigenvalue weighted by molar-refractivity contribution is 7.90. The molecule has 262 valence electrons. The van der Waals surface area contributed by atoms with Gasteiger partial charge in [-0.3, -0.25) is 9.69 Å². The van der Waals surface area contributed by atoms with Crippen molar-refractivity contribution in [3.63, 3.8) is 0 Å². The molecule has 3 aliphatic heterocycles. The van der Waals surface area contributed by atoms with Crippen molar-refractivity contribution in [3.05, 3.63) is 58.1 Å². The van der Waals surface area contributed by atoms with Crippen LogP contribution in [0.1, 0.15) is 87.2 Å². The molecule has 3 heterocycles. The average molecular weight is 698 g/mol. The van der Waals surface area contributed by atoms with E-state index in [2.05, 4.69) is 33.6 Å². The molecule has 0 aromatic heterocycles. The number of anilines is 1. The van der Waals surface area contributed by atoms with Crippen molar-refractivity contribution < 1.29 is 22.7 Å². The summed E-state index contributed by atoms with van der Waals surface area (Å²) in [6.45, 7) is 13.0. The fourth-order valence-electron chi connectivity index (χ4n) is 9.54. The van der Waals surface area contributed by atoms with Gasteiger partial charge in [0.25, 0.3) is 5.91 Å². The minimum atomic E-state index is -3.87. The lowest BCUT2D eigenvalue weighted by Crippen LogP contribution is -2.53. The molecule has 48 heavy (non-hydrogen) atoms. The minimum Gasteiger partial charge on any atom is -0.490 e. The van der Waals surface area contributed by atoms with E-state index in [1.54, 1.807) is 13.0 Å². The monoisotopic (exact) mass is 697 g/mol. The van der Waals surface area contributed by atoms with Crippen LogP contribution in [0.2, 0.25) is 5.02 Å². The van der Waals surface area contributed by atoms with Crippen molar-refractivity contribution in [2.24, 2.45) is 23.2 Å². The number of halogens is 1. The Hall–Kier alpha value is -2.33. The minimum absolute atomic E-state index is 0.0755. The molecule has 2 bridgehead atoms. The predicted octanol–water partition coefficient (Wildman–Crippen LogP) is 6.45. The maximum absolute atomic E-state index is 13.6. The molecule has 1 saturated carbocycles. The fourth-order valence-corrected chi connectivity index (χ4v) is 11.0. The van der Waals surface area contributed by atoms with Gasteiger partial charge in [-0.2, -0.15) is 0 Å². The summed E-state index contributed by atoms with van der Waals surface area (Å²) in [4.78, 5) is 18.6. The first-order valence-corrected chi connectivity index (χ1v) is 20.1. The topological polar surface area (TPSA) is 88.2 Å².